The quantitative estimate of drug-likeness (QED) is 0.540. The summed E-state index contributed by atoms with van der Waals surface area (Å²) < 4.78 is 2.42. The Hall–Kier alpha value is -2.20. The van der Waals surface area contributed by atoms with E-state index in [0.29, 0.717) is 6.04 Å². The molecule has 0 unspecified atom stereocenters. The molecule has 0 saturated carbocycles. The van der Waals surface area contributed by atoms with Gasteiger partial charge in [-0.05, 0) is 51.5 Å². The summed E-state index contributed by atoms with van der Waals surface area (Å²) in [6.45, 7) is 8.50. The van der Waals surface area contributed by atoms with Crippen molar-refractivity contribution in [2.24, 2.45) is 0 Å². The van der Waals surface area contributed by atoms with Crippen molar-refractivity contribution in [3.05, 3.63) is 47.5 Å². The highest BCUT2D eigenvalue weighted by Gasteiger charge is 2.13. The molecule has 0 radical (unpaired) electrons. The van der Waals surface area contributed by atoms with E-state index in [1.807, 2.05) is 6.92 Å². The average molecular weight is 261 g/mol. The predicted octanol–water partition coefficient (Wildman–Crippen LogP) is 5.06. The van der Waals surface area contributed by atoms with E-state index < -0.39 is 0 Å². The van der Waals surface area contributed by atoms with Crippen LogP contribution in [0, 0.1) is 18.8 Å². The molecule has 1 heterocycles. The number of rotatable bonds is 1. The van der Waals surface area contributed by atoms with E-state index in [4.69, 9.17) is 0 Å². The molecule has 0 saturated heterocycles. The average Bonchev–Trinajstić information content (AvgIpc) is 2.71. The first-order valence-corrected chi connectivity index (χ1v) is 7.09. The Labute approximate surface area is 120 Å². The van der Waals surface area contributed by atoms with Gasteiger partial charge in [-0.25, -0.2) is 0 Å². The van der Waals surface area contributed by atoms with Crippen molar-refractivity contribution < 1.29 is 0 Å². The van der Waals surface area contributed by atoms with Crippen LogP contribution in [0.5, 0.6) is 0 Å². The van der Waals surface area contributed by atoms with E-state index in [1.54, 1.807) is 0 Å². The number of hydrogen-bond acceptors (Lipinski definition) is 0. The van der Waals surface area contributed by atoms with Crippen LogP contribution in [-0.4, -0.2) is 4.57 Å². The number of aromatic nitrogens is 1. The summed E-state index contributed by atoms with van der Waals surface area (Å²) in [7, 11) is 0. The molecular weight excluding hydrogens is 242 g/mol. The van der Waals surface area contributed by atoms with Crippen LogP contribution in [0.3, 0.4) is 0 Å². The highest BCUT2D eigenvalue weighted by molar-refractivity contribution is 6.08. The fourth-order valence-corrected chi connectivity index (χ4v) is 2.94. The maximum Gasteiger partial charge on any atom is 0.0506 e. The molecule has 20 heavy (non-hydrogen) atoms. The standard InChI is InChI=1S/C19H19N/c1-5-6-15-8-10-17-16-9-7-14(4)11-18(16)20(13(2)3)19(17)12-15/h7-13H,1-4H3. The van der Waals surface area contributed by atoms with Gasteiger partial charge in [0.05, 0.1) is 5.52 Å². The summed E-state index contributed by atoms with van der Waals surface area (Å²) in [5.74, 6) is 6.14. The Morgan fingerprint density at radius 1 is 0.950 bits per heavy atom. The van der Waals surface area contributed by atoms with Crippen molar-refractivity contribution >= 4 is 21.8 Å². The molecule has 0 aliphatic carbocycles. The van der Waals surface area contributed by atoms with Gasteiger partial charge >= 0.3 is 0 Å². The van der Waals surface area contributed by atoms with Gasteiger partial charge in [-0.1, -0.05) is 24.1 Å². The minimum Gasteiger partial charge on any atom is -0.338 e. The number of nitrogens with zero attached hydrogens (tertiary/aromatic N) is 1. The Morgan fingerprint density at radius 3 is 2.25 bits per heavy atom. The third-order valence-electron chi connectivity index (χ3n) is 3.75. The first-order valence-electron chi connectivity index (χ1n) is 7.09. The zero-order valence-corrected chi connectivity index (χ0v) is 12.5. The lowest BCUT2D eigenvalue weighted by Gasteiger charge is -2.11. The van der Waals surface area contributed by atoms with Gasteiger partial charge in [0.1, 0.15) is 0 Å². The SMILES string of the molecule is CC#Cc1ccc2c3ccc(C)cc3n(C(C)C)c2c1. The van der Waals surface area contributed by atoms with Gasteiger partial charge in [-0.2, -0.15) is 0 Å². The molecule has 2 aromatic carbocycles. The van der Waals surface area contributed by atoms with Crippen LogP contribution >= 0.6 is 0 Å². The lowest BCUT2D eigenvalue weighted by Crippen LogP contribution is -2.00. The number of fused-ring (bicyclic) bond motifs is 3. The summed E-state index contributed by atoms with van der Waals surface area (Å²) in [5, 5.41) is 2.64. The number of aryl methyl sites for hydroxylation is 1. The molecule has 0 N–H and O–H groups in total. The second kappa shape index (κ2) is 4.72. The Morgan fingerprint density at radius 2 is 1.60 bits per heavy atom. The van der Waals surface area contributed by atoms with Gasteiger partial charge in [0, 0.05) is 27.9 Å². The third kappa shape index (κ3) is 1.89. The predicted molar refractivity (Wildman–Crippen MR) is 87.1 cm³/mol. The molecule has 100 valence electrons. The fraction of sp³-hybridized carbons (Fsp3) is 0.263. The van der Waals surface area contributed by atoms with Gasteiger partial charge in [0.25, 0.3) is 0 Å². The van der Waals surface area contributed by atoms with E-state index in [0.717, 1.165) is 5.56 Å². The van der Waals surface area contributed by atoms with Crippen molar-refractivity contribution in [1.82, 2.24) is 4.57 Å². The molecule has 1 aromatic heterocycles. The van der Waals surface area contributed by atoms with Gasteiger partial charge in [0.15, 0.2) is 0 Å². The lowest BCUT2D eigenvalue weighted by atomic mass is 10.1. The van der Waals surface area contributed by atoms with Crippen LogP contribution in [-0.2, 0) is 0 Å². The third-order valence-corrected chi connectivity index (χ3v) is 3.75. The van der Waals surface area contributed by atoms with E-state index in [1.165, 1.54) is 27.4 Å². The minimum atomic E-state index is 0.432. The molecule has 0 bridgehead atoms. The smallest absolute Gasteiger partial charge is 0.0506 e. The van der Waals surface area contributed by atoms with Gasteiger partial charge in [0.2, 0.25) is 0 Å². The molecule has 0 fully saturated rings. The number of hydrogen-bond donors (Lipinski definition) is 0. The molecule has 1 heteroatoms. The normalized spacial score (nSPS) is 11.1. The molecule has 0 aliphatic heterocycles. The molecule has 0 spiro atoms. The maximum atomic E-state index is 3.16. The summed E-state index contributed by atoms with van der Waals surface area (Å²) in [6.07, 6.45) is 0. The topological polar surface area (TPSA) is 4.93 Å². The highest BCUT2D eigenvalue weighted by atomic mass is 15.0. The highest BCUT2D eigenvalue weighted by Crippen LogP contribution is 2.32. The van der Waals surface area contributed by atoms with Crippen LogP contribution in [0.25, 0.3) is 21.8 Å². The molecule has 0 atom stereocenters. The van der Waals surface area contributed by atoms with Crippen LogP contribution < -0.4 is 0 Å². The summed E-state index contributed by atoms with van der Waals surface area (Å²) >= 11 is 0. The largest absolute Gasteiger partial charge is 0.338 e. The molecule has 3 rings (SSSR count). The lowest BCUT2D eigenvalue weighted by molar-refractivity contribution is 0.642. The van der Waals surface area contributed by atoms with E-state index >= 15 is 0 Å². The molecule has 1 nitrogen and oxygen atoms in total. The molecule has 0 amide bonds. The van der Waals surface area contributed by atoms with Crippen molar-refractivity contribution in [3.8, 4) is 11.8 Å². The van der Waals surface area contributed by atoms with E-state index in [-0.39, 0.29) is 0 Å². The Kier molecular flexibility index (Phi) is 3.03. The van der Waals surface area contributed by atoms with Crippen LogP contribution in [0.4, 0.5) is 0 Å². The van der Waals surface area contributed by atoms with Crippen LogP contribution in [0.1, 0.15) is 37.9 Å². The Balaban J connectivity index is 2.48. The monoisotopic (exact) mass is 261 g/mol. The van der Waals surface area contributed by atoms with Crippen molar-refractivity contribution in [1.29, 1.82) is 0 Å². The summed E-state index contributed by atoms with van der Waals surface area (Å²) in [4.78, 5) is 0. The van der Waals surface area contributed by atoms with Gasteiger partial charge in [-0.15, -0.1) is 5.92 Å². The second-order valence-corrected chi connectivity index (χ2v) is 5.59. The van der Waals surface area contributed by atoms with Gasteiger partial charge in [-0.3, -0.25) is 0 Å². The Bertz CT molecular complexity index is 854. The second-order valence-electron chi connectivity index (χ2n) is 5.59. The molecular formula is C19H19N. The fourth-order valence-electron chi connectivity index (χ4n) is 2.94. The summed E-state index contributed by atoms with van der Waals surface area (Å²) in [6, 6.07) is 13.7. The summed E-state index contributed by atoms with van der Waals surface area (Å²) in [5.41, 5.74) is 4.98. The van der Waals surface area contributed by atoms with Crippen molar-refractivity contribution in [2.75, 3.05) is 0 Å². The zero-order chi connectivity index (χ0) is 14.3. The minimum absolute atomic E-state index is 0.432. The molecule has 0 aliphatic rings. The van der Waals surface area contributed by atoms with Crippen molar-refractivity contribution in [2.45, 2.75) is 33.7 Å². The van der Waals surface area contributed by atoms with Crippen molar-refractivity contribution in [3.63, 3.8) is 0 Å². The first kappa shape index (κ1) is 12.8. The van der Waals surface area contributed by atoms with Crippen LogP contribution in [0.15, 0.2) is 36.4 Å². The molecule has 3 aromatic rings. The first-order chi connectivity index (χ1) is 9.61. The maximum absolute atomic E-state index is 3.16. The zero-order valence-electron chi connectivity index (χ0n) is 12.5. The van der Waals surface area contributed by atoms with Crippen LogP contribution in [0.2, 0.25) is 0 Å². The van der Waals surface area contributed by atoms with E-state index in [2.05, 4.69) is 73.6 Å². The number of benzene rings is 2. The van der Waals surface area contributed by atoms with E-state index in [9.17, 15) is 0 Å². The van der Waals surface area contributed by atoms with Gasteiger partial charge < -0.3 is 4.57 Å².